The fourth-order valence-corrected chi connectivity index (χ4v) is 5.19. The van der Waals surface area contributed by atoms with E-state index in [0.717, 1.165) is 18.4 Å². The van der Waals surface area contributed by atoms with Crippen LogP contribution in [-0.2, 0) is 21.2 Å². The van der Waals surface area contributed by atoms with Crippen LogP contribution in [0.1, 0.15) is 37.7 Å². The molecule has 0 spiro atoms. The molecular weight excluding hydrogens is 381 g/mol. The highest BCUT2D eigenvalue weighted by atomic mass is 32.2. The van der Waals surface area contributed by atoms with Crippen LogP contribution in [0.4, 0.5) is 10.1 Å². The van der Waals surface area contributed by atoms with Crippen molar-refractivity contribution in [3.8, 4) is 5.75 Å². The number of sulfone groups is 1. The van der Waals surface area contributed by atoms with Gasteiger partial charge in [0.1, 0.15) is 18.2 Å². The Hall–Kier alpha value is -2.41. The lowest BCUT2D eigenvalue weighted by Crippen LogP contribution is -2.24. The topological polar surface area (TPSA) is 72.5 Å². The lowest BCUT2D eigenvalue weighted by atomic mass is 10.2. The van der Waals surface area contributed by atoms with Crippen molar-refractivity contribution in [2.24, 2.45) is 0 Å². The second-order valence-electron chi connectivity index (χ2n) is 7.02. The number of nitrogens with one attached hydrogen (secondary N) is 1. The number of amides is 1. The summed E-state index contributed by atoms with van der Waals surface area (Å²) in [7, 11) is -3.21. The van der Waals surface area contributed by atoms with Gasteiger partial charge in [0.15, 0.2) is 9.84 Å². The number of ether oxygens (including phenoxy) is 1. The fraction of sp³-hybridized carbons (Fsp3) is 0.381. The van der Waals surface area contributed by atoms with Gasteiger partial charge in [-0.2, -0.15) is 0 Å². The Morgan fingerprint density at radius 3 is 2.61 bits per heavy atom. The highest BCUT2D eigenvalue weighted by molar-refractivity contribution is 7.92. The second kappa shape index (κ2) is 9.19. The second-order valence-corrected chi connectivity index (χ2v) is 9.42. The monoisotopic (exact) mass is 405 g/mol. The van der Waals surface area contributed by atoms with Gasteiger partial charge in [-0.25, -0.2) is 12.8 Å². The molecule has 2 aromatic carbocycles. The van der Waals surface area contributed by atoms with Crippen molar-refractivity contribution in [1.82, 2.24) is 0 Å². The van der Waals surface area contributed by atoms with Gasteiger partial charge in [-0.1, -0.05) is 31.0 Å². The van der Waals surface area contributed by atoms with Crippen LogP contribution < -0.4 is 10.1 Å². The molecule has 1 aliphatic rings. The summed E-state index contributed by atoms with van der Waals surface area (Å²) in [6, 6.07) is 13.0. The molecule has 1 saturated carbocycles. The zero-order valence-electron chi connectivity index (χ0n) is 15.6. The van der Waals surface area contributed by atoms with Crippen molar-refractivity contribution in [3.63, 3.8) is 0 Å². The first-order valence-corrected chi connectivity index (χ1v) is 11.1. The van der Waals surface area contributed by atoms with Gasteiger partial charge >= 0.3 is 0 Å². The van der Waals surface area contributed by atoms with Crippen molar-refractivity contribution in [2.75, 3.05) is 11.1 Å². The summed E-state index contributed by atoms with van der Waals surface area (Å²) >= 11 is 0. The standard InChI is InChI=1S/C21H24FNO4S/c22-17-6-4-8-19(14-17)27-15-16-5-3-7-18(13-16)23-21(24)11-12-28(25,26)20-9-1-2-10-20/h3-8,13-14,20H,1-2,9-12,15H2,(H,23,24). The molecule has 1 fully saturated rings. The van der Waals surface area contributed by atoms with Crippen molar-refractivity contribution in [2.45, 2.75) is 44.0 Å². The van der Waals surface area contributed by atoms with Crippen LogP contribution in [0.25, 0.3) is 0 Å². The van der Waals surface area contributed by atoms with Crippen LogP contribution in [0.2, 0.25) is 0 Å². The Balaban J connectivity index is 1.51. The quantitative estimate of drug-likeness (QED) is 0.718. The molecule has 1 N–H and O–H groups in total. The first kappa shape index (κ1) is 20.3. The summed E-state index contributed by atoms with van der Waals surface area (Å²) in [5.41, 5.74) is 1.38. The van der Waals surface area contributed by atoms with Gasteiger partial charge in [0.25, 0.3) is 0 Å². The van der Waals surface area contributed by atoms with E-state index in [9.17, 15) is 17.6 Å². The molecule has 0 heterocycles. The van der Waals surface area contributed by atoms with Gasteiger partial charge in [-0.05, 0) is 42.7 Å². The molecule has 7 heteroatoms. The minimum atomic E-state index is -3.21. The lowest BCUT2D eigenvalue weighted by molar-refractivity contribution is -0.115. The molecule has 0 unspecified atom stereocenters. The summed E-state index contributed by atoms with van der Waals surface area (Å²) in [4.78, 5) is 12.2. The third-order valence-corrected chi connectivity index (χ3v) is 7.10. The zero-order chi connectivity index (χ0) is 20.0. The average Bonchev–Trinajstić information content (AvgIpc) is 3.21. The summed E-state index contributed by atoms with van der Waals surface area (Å²) in [6.45, 7) is 0.225. The molecule has 0 aromatic heterocycles. The predicted molar refractivity (Wildman–Crippen MR) is 106 cm³/mol. The maximum Gasteiger partial charge on any atom is 0.225 e. The smallest absolute Gasteiger partial charge is 0.225 e. The number of hydrogen-bond donors (Lipinski definition) is 1. The maximum absolute atomic E-state index is 13.2. The van der Waals surface area contributed by atoms with Crippen LogP contribution in [-0.4, -0.2) is 25.3 Å². The van der Waals surface area contributed by atoms with Gasteiger partial charge in [0, 0.05) is 18.2 Å². The molecule has 1 aliphatic carbocycles. The van der Waals surface area contributed by atoms with Crippen molar-refractivity contribution < 1.29 is 22.3 Å². The van der Waals surface area contributed by atoms with Gasteiger partial charge < -0.3 is 10.1 Å². The molecular formula is C21H24FNO4S. The fourth-order valence-electron chi connectivity index (χ4n) is 3.33. The number of carbonyl (C=O) groups excluding carboxylic acids is 1. The molecule has 5 nitrogen and oxygen atoms in total. The zero-order valence-corrected chi connectivity index (χ0v) is 16.4. The minimum Gasteiger partial charge on any atom is -0.489 e. The summed E-state index contributed by atoms with van der Waals surface area (Å²) in [5, 5.41) is 2.45. The Labute approximate surface area is 164 Å². The molecule has 0 aliphatic heterocycles. The SMILES string of the molecule is O=C(CCS(=O)(=O)C1CCCC1)Nc1cccc(COc2cccc(F)c2)c1. The number of rotatable bonds is 8. The van der Waals surface area contributed by atoms with E-state index in [1.165, 1.54) is 12.1 Å². The van der Waals surface area contributed by atoms with E-state index in [-0.39, 0.29) is 35.8 Å². The molecule has 0 radical (unpaired) electrons. The third kappa shape index (κ3) is 5.79. The van der Waals surface area contributed by atoms with E-state index in [4.69, 9.17) is 4.74 Å². The lowest BCUT2D eigenvalue weighted by Gasteiger charge is -2.12. The number of halogens is 1. The van der Waals surface area contributed by atoms with E-state index in [2.05, 4.69) is 5.32 Å². The molecule has 150 valence electrons. The molecule has 2 aromatic rings. The van der Waals surface area contributed by atoms with Crippen LogP contribution in [0.5, 0.6) is 5.75 Å². The van der Waals surface area contributed by atoms with E-state index in [0.29, 0.717) is 24.3 Å². The van der Waals surface area contributed by atoms with Crippen LogP contribution in [0.3, 0.4) is 0 Å². The summed E-state index contributed by atoms with van der Waals surface area (Å²) < 4.78 is 43.3. The Morgan fingerprint density at radius 1 is 1.11 bits per heavy atom. The molecule has 28 heavy (non-hydrogen) atoms. The Morgan fingerprint density at radius 2 is 1.86 bits per heavy atom. The first-order chi connectivity index (χ1) is 13.4. The summed E-state index contributed by atoms with van der Waals surface area (Å²) in [6.07, 6.45) is 3.25. The van der Waals surface area contributed by atoms with Crippen molar-refractivity contribution in [3.05, 3.63) is 59.9 Å². The molecule has 0 bridgehead atoms. The third-order valence-electron chi connectivity index (χ3n) is 4.84. The number of benzene rings is 2. The normalized spacial score (nSPS) is 14.8. The van der Waals surface area contributed by atoms with Crippen molar-refractivity contribution in [1.29, 1.82) is 0 Å². The first-order valence-electron chi connectivity index (χ1n) is 9.41. The van der Waals surface area contributed by atoms with E-state index >= 15 is 0 Å². The van der Waals surface area contributed by atoms with Crippen LogP contribution in [0, 0.1) is 5.82 Å². The van der Waals surface area contributed by atoms with E-state index in [1.807, 2.05) is 6.07 Å². The number of carbonyl (C=O) groups is 1. The maximum atomic E-state index is 13.2. The largest absolute Gasteiger partial charge is 0.489 e. The molecule has 0 atom stereocenters. The van der Waals surface area contributed by atoms with E-state index < -0.39 is 9.84 Å². The Kier molecular flexibility index (Phi) is 6.67. The minimum absolute atomic E-state index is 0.0527. The van der Waals surface area contributed by atoms with Gasteiger partial charge in [-0.3, -0.25) is 4.79 Å². The van der Waals surface area contributed by atoms with Gasteiger partial charge in [-0.15, -0.1) is 0 Å². The number of anilines is 1. The Bertz CT molecular complexity index is 924. The predicted octanol–water partition coefficient (Wildman–Crippen LogP) is 4.09. The summed E-state index contributed by atoms with van der Waals surface area (Å²) in [5.74, 6) is -0.395. The van der Waals surface area contributed by atoms with Crippen molar-refractivity contribution >= 4 is 21.4 Å². The molecule has 1 amide bonds. The van der Waals surface area contributed by atoms with Crippen LogP contribution >= 0.6 is 0 Å². The average molecular weight is 405 g/mol. The van der Waals surface area contributed by atoms with Gasteiger partial charge in [0.05, 0.1) is 11.0 Å². The van der Waals surface area contributed by atoms with Crippen LogP contribution in [0.15, 0.2) is 48.5 Å². The highest BCUT2D eigenvalue weighted by Gasteiger charge is 2.28. The number of hydrogen-bond acceptors (Lipinski definition) is 4. The molecule has 0 saturated heterocycles. The molecule has 3 rings (SSSR count). The highest BCUT2D eigenvalue weighted by Crippen LogP contribution is 2.25. The van der Waals surface area contributed by atoms with Gasteiger partial charge in [0.2, 0.25) is 5.91 Å². The van der Waals surface area contributed by atoms with E-state index in [1.54, 1.807) is 30.3 Å².